The van der Waals surface area contributed by atoms with Gasteiger partial charge in [0.25, 0.3) is 0 Å². The fraction of sp³-hybridized carbons (Fsp3) is 0.500. The number of carbonyl (C=O) groups excluding carboxylic acids is 1. The summed E-state index contributed by atoms with van der Waals surface area (Å²) in [5, 5.41) is 0.238. The summed E-state index contributed by atoms with van der Waals surface area (Å²) in [5.41, 5.74) is 1.05. The summed E-state index contributed by atoms with van der Waals surface area (Å²) in [6.45, 7) is 2.65. The lowest BCUT2D eigenvalue weighted by Crippen LogP contribution is -2.47. The first kappa shape index (κ1) is 16.3. The lowest BCUT2D eigenvalue weighted by Gasteiger charge is -2.40. The molecule has 1 aromatic rings. The number of nitrogens with one attached hydrogen (secondary N) is 1. The molecule has 2 atom stereocenters. The normalized spacial score (nSPS) is 23.0. The summed E-state index contributed by atoms with van der Waals surface area (Å²) >= 11 is 1.81. The monoisotopic (exact) mass is 328 g/mol. The molecule has 1 aliphatic heterocycles. The van der Waals surface area contributed by atoms with Crippen molar-refractivity contribution in [2.75, 3.05) is 25.1 Å². The Morgan fingerprint density at radius 3 is 2.67 bits per heavy atom. The summed E-state index contributed by atoms with van der Waals surface area (Å²) in [5.74, 6) is -0.00887. The molecule has 0 unspecified atom stereocenters. The van der Waals surface area contributed by atoms with E-state index in [0.717, 1.165) is 11.3 Å². The zero-order valence-corrected chi connectivity index (χ0v) is 13.8. The largest absolute Gasteiger partial charge is 0.333 e. The van der Waals surface area contributed by atoms with Gasteiger partial charge >= 0.3 is 0 Å². The van der Waals surface area contributed by atoms with Crippen LogP contribution in [0.2, 0.25) is 0 Å². The Kier molecular flexibility index (Phi) is 5.29. The van der Waals surface area contributed by atoms with Crippen molar-refractivity contribution in [2.24, 2.45) is 0 Å². The Hall–Kier alpha value is -1.05. The average Bonchev–Trinajstić information content (AvgIpc) is 2.47. The number of rotatable bonds is 4. The van der Waals surface area contributed by atoms with Gasteiger partial charge in [-0.25, -0.2) is 13.1 Å². The van der Waals surface area contributed by atoms with E-state index in [1.165, 1.54) is 7.05 Å². The van der Waals surface area contributed by atoms with Crippen LogP contribution in [-0.4, -0.2) is 49.6 Å². The summed E-state index contributed by atoms with van der Waals surface area (Å²) in [6, 6.07) is 9.70. The zero-order chi connectivity index (χ0) is 15.5. The Labute approximate surface area is 130 Å². The highest BCUT2D eigenvalue weighted by Gasteiger charge is 2.34. The van der Waals surface area contributed by atoms with Gasteiger partial charge in [-0.2, -0.15) is 11.8 Å². The topological polar surface area (TPSA) is 66.5 Å². The molecular weight excluding hydrogens is 308 g/mol. The van der Waals surface area contributed by atoms with Crippen LogP contribution < -0.4 is 4.72 Å². The lowest BCUT2D eigenvalue weighted by molar-refractivity contribution is -0.130. The third kappa shape index (κ3) is 3.99. The molecule has 1 fully saturated rings. The highest BCUT2D eigenvalue weighted by atomic mass is 32.2. The molecule has 2 rings (SSSR count). The third-order valence-corrected chi connectivity index (χ3v) is 6.03. The van der Waals surface area contributed by atoms with Gasteiger partial charge in [0, 0.05) is 17.5 Å². The minimum Gasteiger partial charge on any atom is -0.333 e. The summed E-state index contributed by atoms with van der Waals surface area (Å²) in [6.07, 6.45) is 0. The summed E-state index contributed by atoms with van der Waals surface area (Å²) in [4.78, 5) is 14.1. The number of hydrogen-bond donors (Lipinski definition) is 1. The Bertz CT molecular complexity index is 589. The van der Waals surface area contributed by atoms with Gasteiger partial charge < -0.3 is 4.90 Å². The van der Waals surface area contributed by atoms with E-state index in [2.05, 4.69) is 11.6 Å². The van der Waals surface area contributed by atoms with E-state index < -0.39 is 15.8 Å². The molecule has 7 heteroatoms. The minimum atomic E-state index is -3.54. The maximum absolute atomic E-state index is 12.4. The molecule has 116 valence electrons. The first-order chi connectivity index (χ1) is 9.94. The molecule has 21 heavy (non-hydrogen) atoms. The molecule has 1 aromatic carbocycles. The van der Waals surface area contributed by atoms with Gasteiger partial charge in [-0.3, -0.25) is 4.79 Å². The zero-order valence-electron chi connectivity index (χ0n) is 12.2. The number of thioether (sulfide) groups is 1. The van der Waals surface area contributed by atoms with E-state index in [9.17, 15) is 13.2 Å². The predicted molar refractivity (Wildman–Crippen MR) is 85.7 cm³/mol. The van der Waals surface area contributed by atoms with E-state index in [-0.39, 0.29) is 17.2 Å². The Balaban J connectivity index is 2.25. The molecular formula is C14H20N2O3S2. The molecule has 0 aliphatic carbocycles. The van der Waals surface area contributed by atoms with Gasteiger partial charge in [-0.05, 0) is 12.6 Å². The van der Waals surface area contributed by atoms with E-state index >= 15 is 0 Å². The van der Waals surface area contributed by atoms with Crippen molar-refractivity contribution in [1.82, 2.24) is 9.62 Å². The number of carbonyl (C=O) groups is 1. The Morgan fingerprint density at radius 1 is 1.38 bits per heavy atom. The molecule has 1 amide bonds. The van der Waals surface area contributed by atoms with Crippen molar-refractivity contribution in [3.63, 3.8) is 0 Å². The Morgan fingerprint density at radius 2 is 2.05 bits per heavy atom. The van der Waals surface area contributed by atoms with Gasteiger partial charge in [-0.15, -0.1) is 0 Å². The fourth-order valence-corrected chi connectivity index (χ4v) is 4.31. The maximum Gasteiger partial charge on any atom is 0.239 e. The van der Waals surface area contributed by atoms with Gasteiger partial charge in [0.2, 0.25) is 15.9 Å². The lowest BCUT2D eigenvalue weighted by atomic mass is 10.0. The number of hydrogen-bond acceptors (Lipinski definition) is 4. The smallest absolute Gasteiger partial charge is 0.239 e. The van der Waals surface area contributed by atoms with Crippen LogP contribution in [0.3, 0.4) is 0 Å². The number of benzene rings is 1. The van der Waals surface area contributed by atoms with Crippen molar-refractivity contribution in [2.45, 2.75) is 18.2 Å². The molecule has 0 saturated carbocycles. The van der Waals surface area contributed by atoms with E-state index in [1.807, 2.05) is 30.3 Å². The molecule has 1 N–H and O–H groups in total. The van der Waals surface area contributed by atoms with Crippen molar-refractivity contribution < 1.29 is 13.2 Å². The van der Waals surface area contributed by atoms with Crippen LogP contribution in [0.25, 0.3) is 0 Å². The quantitative estimate of drug-likeness (QED) is 0.903. The van der Waals surface area contributed by atoms with Crippen LogP contribution in [0.5, 0.6) is 0 Å². The number of nitrogens with zero attached hydrogens (tertiary/aromatic N) is 1. The van der Waals surface area contributed by atoms with Crippen LogP contribution in [-0.2, 0) is 14.8 Å². The van der Waals surface area contributed by atoms with Crippen LogP contribution in [0.1, 0.15) is 18.5 Å². The van der Waals surface area contributed by atoms with Crippen LogP contribution in [0, 0.1) is 0 Å². The second-order valence-corrected chi connectivity index (χ2v) is 8.39. The van der Waals surface area contributed by atoms with Crippen LogP contribution >= 0.6 is 11.8 Å². The van der Waals surface area contributed by atoms with E-state index in [0.29, 0.717) is 6.54 Å². The molecule has 0 spiro atoms. The molecule has 0 radical (unpaired) electrons. The molecule has 5 nitrogen and oxygen atoms in total. The van der Waals surface area contributed by atoms with Crippen LogP contribution in [0.15, 0.2) is 30.3 Å². The molecule has 1 aliphatic rings. The standard InChI is InChI=1S/C14H20N2O3S2/c1-11-14(12-6-4-3-5-7-12)16(8-9-20-11)13(17)10-21(18,19)15-2/h3-7,11,14-15H,8-10H2,1-2H3/t11-,14+/m1/s1. The summed E-state index contributed by atoms with van der Waals surface area (Å²) in [7, 11) is -2.21. The molecule has 0 bridgehead atoms. The molecule has 1 heterocycles. The molecule has 1 saturated heterocycles. The first-order valence-electron chi connectivity index (χ1n) is 6.82. The first-order valence-corrected chi connectivity index (χ1v) is 9.52. The second-order valence-electron chi connectivity index (χ2n) is 4.98. The van der Waals surface area contributed by atoms with E-state index in [1.54, 1.807) is 16.7 Å². The van der Waals surface area contributed by atoms with Gasteiger partial charge in [-0.1, -0.05) is 37.3 Å². The van der Waals surface area contributed by atoms with Gasteiger partial charge in [0.1, 0.15) is 5.75 Å². The summed E-state index contributed by atoms with van der Waals surface area (Å²) < 4.78 is 25.4. The average molecular weight is 328 g/mol. The molecule has 0 aromatic heterocycles. The van der Waals surface area contributed by atoms with Crippen molar-refractivity contribution in [1.29, 1.82) is 0 Å². The SMILES string of the molecule is CNS(=O)(=O)CC(=O)N1CCS[C@H](C)[C@H]1c1ccccc1. The van der Waals surface area contributed by atoms with Crippen LogP contribution in [0.4, 0.5) is 0 Å². The van der Waals surface area contributed by atoms with Gasteiger partial charge in [0.15, 0.2) is 0 Å². The number of sulfonamides is 1. The van der Waals surface area contributed by atoms with Crippen molar-refractivity contribution in [3.8, 4) is 0 Å². The highest BCUT2D eigenvalue weighted by Crippen LogP contribution is 2.35. The number of amides is 1. The van der Waals surface area contributed by atoms with Crippen molar-refractivity contribution >= 4 is 27.7 Å². The van der Waals surface area contributed by atoms with Crippen molar-refractivity contribution in [3.05, 3.63) is 35.9 Å². The van der Waals surface area contributed by atoms with Gasteiger partial charge in [0.05, 0.1) is 6.04 Å². The second kappa shape index (κ2) is 6.81. The maximum atomic E-state index is 12.4. The van der Waals surface area contributed by atoms with E-state index in [4.69, 9.17) is 0 Å². The third-order valence-electron chi connectivity index (χ3n) is 3.58. The fourth-order valence-electron chi connectivity index (χ4n) is 2.52. The highest BCUT2D eigenvalue weighted by molar-refractivity contribution is 8.00. The predicted octanol–water partition coefficient (Wildman–Crippen LogP) is 1.24. The minimum absolute atomic E-state index is 0.0792.